The van der Waals surface area contributed by atoms with Crippen LogP contribution in [-0.4, -0.2) is 23.5 Å². The van der Waals surface area contributed by atoms with E-state index in [0.29, 0.717) is 12.5 Å². The second-order valence-electron chi connectivity index (χ2n) is 4.56. The van der Waals surface area contributed by atoms with Gasteiger partial charge in [0.2, 0.25) is 0 Å². The standard InChI is InChI=1S/C13H20FN3O/c1-5-15-12-11(14)10(6-7-16-12)13(18)17-9(4)8(2)3/h6-9H,5H2,1-4H3,(H,15,16)(H,17,18). The van der Waals surface area contributed by atoms with Crippen molar-refractivity contribution in [2.45, 2.75) is 33.7 Å². The number of anilines is 1. The molecule has 0 aliphatic rings. The van der Waals surface area contributed by atoms with Crippen molar-refractivity contribution >= 4 is 11.7 Å². The summed E-state index contributed by atoms with van der Waals surface area (Å²) in [6.07, 6.45) is 1.43. The molecule has 1 atom stereocenters. The van der Waals surface area contributed by atoms with Crippen molar-refractivity contribution in [2.24, 2.45) is 5.92 Å². The summed E-state index contributed by atoms with van der Waals surface area (Å²) in [5.74, 6) is -0.600. The normalized spacial score (nSPS) is 12.3. The highest BCUT2D eigenvalue weighted by Gasteiger charge is 2.18. The fourth-order valence-electron chi connectivity index (χ4n) is 1.36. The molecule has 1 rings (SSSR count). The van der Waals surface area contributed by atoms with E-state index in [1.54, 1.807) is 0 Å². The zero-order valence-corrected chi connectivity index (χ0v) is 11.2. The van der Waals surface area contributed by atoms with E-state index < -0.39 is 11.7 Å². The molecule has 1 aromatic rings. The van der Waals surface area contributed by atoms with Gasteiger partial charge in [0, 0.05) is 18.8 Å². The van der Waals surface area contributed by atoms with Crippen molar-refractivity contribution in [3.63, 3.8) is 0 Å². The lowest BCUT2D eigenvalue weighted by molar-refractivity contribution is 0.0926. The van der Waals surface area contributed by atoms with Gasteiger partial charge >= 0.3 is 0 Å². The third-order valence-corrected chi connectivity index (χ3v) is 2.84. The van der Waals surface area contributed by atoms with Crippen LogP contribution in [0.3, 0.4) is 0 Å². The van der Waals surface area contributed by atoms with Gasteiger partial charge in [-0.05, 0) is 25.8 Å². The summed E-state index contributed by atoms with van der Waals surface area (Å²) in [7, 11) is 0. The van der Waals surface area contributed by atoms with Crippen LogP contribution in [0.4, 0.5) is 10.2 Å². The first-order valence-electron chi connectivity index (χ1n) is 6.16. The minimum absolute atomic E-state index is 0.00681. The molecule has 0 bridgehead atoms. The smallest absolute Gasteiger partial charge is 0.254 e. The Bertz CT molecular complexity index is 421. The number of nitrogens with one attached hydrogen (secondary N) is 2. The van der Waals surface area contributed by atoms with Gasteiger partial charge < -0.3 is 10.6 Å². The average molecular weight is 253 g/mol. The fourth-order valence-corrected chi connectivity index (χ4v) is 1.36. The quantitative estimate of drug-likeness (QED) is 0.847. The largest absolute Gasteiger partial charge is 0.368 e. The van der Waals surface area contributed by atoms with E-state index in [1.165, 1.54) is 12.3 Å². The van der Waals surface area contributed by atoms with E-state index in [0.717, 1.165) is 0 Å². The molecule has 2 N–H and O–H groups in total. The summed E-state index contributed by atoms with van der Waals surface area (Å²) in [5.41, 5.74) is 0.0217. The number of carbonyl (C=O) groups excluding carboxylic acids is 1. The molecule has 0 saturated heterocycles. The Labute approximate surface area is 107 Å². The molecule has 18 heavy (non-hydrogen) atoms. The van der Waals surface area contributed by atoms with Crippen LogP contribution in [0.25, 0.3) is 0 Å². The van der Waals surface area contributed by atoms with Crippen LogP contribution in [0.15, 0.2) is 12.3 Å². The monoisotopic (exact) mass is 253 g/mol. The Morgan fingerprint density at radius 2 is 2.11 bits per heavy atom. The Hall–Kier alpha value is -1.65. The lowest BCUT2D eigenvalue weighted by Crippen LogP contribution is -2.36. The van der Waals surface area contributed by atoms with E-state index in [-0.39, 0.29) is 17.4 Å². The third-order valence-electron chi connectivity index (χ3n) is 2.84. The lowest BCUT2D eigenvalue weighted by atomic mass is 10.1. The van der Waals surface area contributed by atoms with E-state index in [2.05, 4.69) is 15.6 Å². The minimum Gasteiger partial charge on any atom is -0.368 e. The summed E-state index contributed by atoms with van der Waals surface area (Å²) in [6, 6.07) is 1.38. The number of rotatable bonds is 5. The first kappa shape index (κ1) is 14.4. The predicted molar refractivity (Wildman–Crippen MR) is 70.1 cm³/mol. The SMILES string of the molecule is CCNc1nccc(C(=O)NC(C)C(C)C)c1F. The summed E-state index contributed by atoms with van der Waals surface area (Å²) in [4.78, 5) is 15.8. The second-order valence-corrected chi connectivity index (χ2v) is 4.56. The van der Waals surface area contributed by atoms with Crippen molar-refractivity contribution in [1.29, 1.82) is 0 Å². The predicted octanol–water partition coefficient (Wildman–Crippen LogP) is 2.43. The number of halogens is 1. The molecule has 0 aliphatic heterocycles. The Balaban J connectivity index is 2.89. The van der Waals surface area contributed by atoms with Crippen molar-refractivity contribution in [3.8, 4) is 0 Å². The lowest BCUT2D eigenvalue weighted by Gasteiger charge is -2.18. The van der Waals surface area contributed by atoms with E-state index >= 15 is 0 Å². The first-order chi connectivity index (χ1) is 8.47. The van der Waals surface area contributed by atoms with Crippen LogP contribution >= 0.6 is 0 Å². The topological polar surface area (TPSA) is 54.0 Å². The van der Waals surface area contributed by atoms with Gasteiger partial charge in [-0.15, -0.1) is 0 Å². The summed E-state index contributed by atoms with van der Waals surface area (Å²) >= 11 is 0. The molecule has 4 nitrogen and oxygen atoms in total. The van der Waals surface area contributed by atoms with Crippen LogP contribution in [0, 0.1) is 11.7 Å². The van der Waals surface area contributed by atoms with Crippen LogP contribution in [-0.2, 0) is 0 Å². The molecule has 0 aliphatic carbocycles. The summed E-state index contributed by atoms with van der Waals surface area (Å²) in [5, 5.41) is 5.55. The Kier molecular flexibility index (Phi) is 5.07. The third kappa shape index (κ3) is 3.42. The first-order valence-corrected chi connectivity index (χ1v) is 6.16. The van der Waals surface area contributed by atoms with Crippen molar-refractivity contribution in [3.05, 3.63) is 23.6 Å². The maximum absolute atomic E-state index is 14.0. The number of nitrogens with zero attached hydrogens (tertiary/aromatic N) is 1. The van der Waals surface area contributed by atoms with Gasteiger partial charge in [-0.3, -0.25) is 4.79 Å². The molecular formula is C13H20FN3O. The fraction of sp³-hybridized carbons (Fsp3) is 0.538. The zero-order valence-electron chi connectivity index (χ0n) is 11.2. The van der Waals surface area contributed by atoms with Gasteiger partial charge in [0.05, 0.1) is 5.56 Å². The molecule has 100 valence electrons. The van der Waals surface area contributed by atoms with E-state index in [1.807, 2.05) is 27.7 Å². The highest BCUT2D eigenvalue weighted by Crippen LogP contribution is 2.15. The van der Waals surface area contributed by atoms with Crippen LogP contribution in [0.1, 0.15) is 38.1 Å². The molecule has 5 heteroatoms. The zero-order chi connectivity index (χ0) is 13.7. The second kappa shape index (κ2) is 6.33. The number of amides is 1. The Morgan fingerprint density at radius 1 is 1.44 bits per heavy atom. The molecule has 0 saturated carbocycles. The molecule has 1 unspecified atom stereocenters. The maximum atomic E-state index is 14.0. The molecule has 1 aromatic heterocycles. The van der Waals surface area contributed by atoms with Gasteiger partial charge in [-0.25, -0.2) is 9.37 Å². The average Bonchev–Trinajstić information content (AvgIpc) is 2.31. The number of pyridine rings is 1. The van der Waals surface area contributed by atoms with Crippen molar-refractivity contribution in [1.82, 2.24) is 10.3 Å². The van der Waals surface area contributed by atoms with Gasteiger partial charge in [0.25, 0.3) is 5.91 Å². The molecule has 1 amide bonds. The van der Waals surface area contributed by atoms with Gasteiger partial charge in [0.15, 0.2) is 11.6 Å². The minimum atomic E-state index is -0.604. The molecule has 0 fully saturated rings. The number of carbonyl (C=O) groups is 1. The maximum Gasteiger partial charge on any atom is 0.254 e. The van der Waals surface area contributed by atoms with E-state index in [4.69, 9.17) is 0 Å². The molecule has 0 radical (unpaired) electrons. The highest BCUT2D eigenvalue weighted by atomic mass is 19.1. The number of aromatic nitrogens is 1. The van der Waals surface area contributed by atoms with Crippen LogP contribution < -0.4 is 10.6 Å². The summed E-state index contributed by atoms with van der Waals surface area (Å²) < 4.78 is 14.0. The highest BCUT2D eigenvalue weighted by molar-refractivity contribution is 5.95. The van der Waals surface area contributed by atoms with E-state index in [9.17, 15) is 9.18 Å². The van der Waals surface area contributed by atoms with Crippen LogP contribution in [0.2, 0.25) is 0 Å². The molecular weight excluding hydrogens is 233 g/mol. The number of hydrogen-bond donors (Lipinski definition) is 2. The molecule has 1 heterocycles. The summed E-state index contributed by atoms with van der Waals surface area (Å²) in [6.45, 7) is 8.29. The number of hydrogen-bond acceptors (Lipinski definition) is 3. The van der Waals surface area contributed by atoms with Gasteiger partial charge in [-0.1, -0.05) is 13.8 Å². The molecule has 0 spiro atoms. The molecule has 0 aromatic carbocycles. The van der Waals surface area contributed by atoms with Crippen molar-refractivity contribution < 1.29 is 9.18 Å². The van der Waals surface area contributed by atoms with Crippen molar-refractivity contribution in [2.75, 3.05) is 11.9 Å². The Morgan fingerprint density at radius 3 is 2.67 bits per heavy atom. The van der Waals surface area contributed by atoms with Gasteiger partial charge in [0.1, 0.15) is 0 Å². The van der Waals surface area contributed by atoms with Crippen LogP contribution in [0.5, 0.6) is 0 Å². The van der Waals surface area contributed by atoms with Gasteiger partial charge in [-0.2, -0.15) is 0 Å².